The van der Waals surface area contributed by atoms with Crippen molar-refractivity contribution in [1.29, 1.82) is 0 Å². The molecule has 0 saturated heterocycles. The molecule has 6 nitrogen and oxygen atoms in total. The van der Waals surface area contributed by atoms with Crippen molar-refractivity contribution in [2.45, 2.75) is 44.4 Å². The molecule has 0 fully saturated rings. The monoisotopic (exact) mass is 328 g/mol. The van der Waals surface area contributed by atoms with Crippen molar-refractivity contribution >= 4 is 21.4 Å². The summed E-state index contributed by atoms with van der Waals surface area (Å²) < 4.78 is 27.6. The first-order chi connectivity index (χ1) is 9.90. The number of rotatable bonds is 7. The first-order valence-corrected chi connectivity index (χ1v) is 9.08. The number of nitrogens with zero attached hydrogens (tertiary/aromatic N) is 1. The number of hydrogen-bond donors (Lipinski definition) is 3. The summed E-state index contributed by atoms with van der Waals surface area (Å²) in [6.07, 6.45) is 1.54. The van der Waals surface area contributed by atoms with Gasteiger partial charge in [0.05, 0.1) is 12.2 Å². The van der Waals surface area contributed by atoms with E-state index in [0.29, 0.717) is 12.1 Å². The van der Waals surface area contributed by atoms with Gasteiger partial charge in [0, 0.05) is 23.0 Å². The largest absolute Gasteiger partial charge is 0.310 e. The highest BCUT2D eigenvalue weighted by Crippen LogP contribution is 2.21. The van der Waals surface area contributed by atoms with Crippen LogP contribution in [-0.2, 0) is 16.6 Å². The van der Waals surface area contributed by atoms with Crippen molar-refractivity contribution in [2.75, 3.05) is 0 Å². The molecule has 2 aromatic heterocycles. The lowest BCUT2D eigenvalue weighted by Gasteiger charge is -2.13. The molecule has 0 aromatic carbocycles. The molecule has 1 atom stereocenters. The van der Waals surface area contributed by atoms with Gasteiger partial charge in [0.2, 0.25) is 0 Å². The fourth-order valence-electron chi connectivity index (χ4n) is 1.86. The quantitative estimate of drug-likeness (QED) is 0.725. The lowest BCUT2D eigenvalue weighted by atomic mass is 10.3. The van der Waals surface area contributed by atoms with Crippen molar-refractivity contribution in [3.8, 4) is 0 Å². The molecule has 0 saturated carbocycles. The molecule has 0 aliphatic rings. The molecule has 2 heterocycles. The lowest BCUT2D eigenvalue weighted by Crippen LogP contribution is -2.29. The second kappa shape index (κ2) is 6.69. The van der Waals surface area contributed by atoms with E-state index in [0.717, 1.165) is 4.88 Å². The SMILES string of the molecule is CC(C)NCc1cn[nH]c1S(=O)(=O)NC(C)c1cccs1. The molecule has 0 radical (unpaired) electrons. The van der Waals surface area contributed by atoms with E-state index >= 15 is 0 Å². The van der Waals surface area contributed by atoms with Crippen LogP contribution in [0.4, 0.5) is 0 Å². The Morgan fingerprint density at radius 3 is 2.76 bits per heavy atom. The molecular formula is C13H20N4O2S2. The number of thiophene rings is 1. The van der Waals surface area contributed by atoms with Gasteiger partial charge in [-0.15, -0.1) is 11.3 Å². The molecule has 0 spiro atoms. The smallest absolute Gasteiger partial charge is 0.258 e. The summed E-state index contributed by atoms with van der Waals surface area (Å²) in [5.74, 6) is 0. The molecule has 0 aliphatic heterocycles. The zero-order chi connectivity index (χ0) is 15.5. The highest BCUT2D eigenvalue weighted by atomic mass is 32.2. The summed E-state index contributed by atoms with van der Waals surface area (Å²) in [6, 6.07) is 3.81. The number of nitrogens with one attached hydrogen (secondary N) is 3. The highest BCUT2D eigenvalue weighted by molar-refractivity contribution is 7.89. The van der Waals surface area contributed by atoms with Gasteiger partial charge < -0.3 is 5.32 Å². The Balaban J connectivity index is 2.14. The van der Waals surface area contributed by atoms with Crippen LogP contribution < -0.4 is 10.0 Å². The van der Waals surface area contributed by atoms with E-state index in [1.807, 2.05) is 38.3 Å². The number of sulfonamides is 1. The van der Waals surface area contributed by atoms with Crippen LogP contribution in [-0.4, -0.2) is 24.7 Å². The van der Waals surface area contributed by atoms with Crippen molar-refractivity contribution in [1.82, 2.24) is 20.2 Å². The van der Waals surface area contributed by atoms with E-state index in [1.54, 1.807) is 6.20 Å². The van der Waals surface area contributed by atoms with Crippen molar-refractivity contribution in [3.63, 3.8) is 0 Å². The van der Waals surface area contributed by atoms with Crippen LogP contribution in [0, 0.1) is 0 Å². The van der Waals surface area contributed by atoms with Crippen molar-refractivity contribution in [2.24, 2.45) is 0 Å². The predicted octanol–water partition coefficient (Wildman–Crippen LogP) is 2.01. The average molecular weight is 328 g/mol. The molecule has 116 valence electrons. The summed E-state index contributed by atoms with van der Waals surface area (Å²) >= 11 is 1.52. The van der Waals surface area contributed by atoms with Crippen LogP contribution in [0.5, 0.6) is 0 Å². The maximum absolute atomic E-state index is 12.5. The van der Waals surface area contributed by atoms with Gasteiger partial charge in [0.15, 0.2) is 5.03 Å². The Bertz CT molecular complexity index is 662. The molecule has 1 unspecified atom stereocenters. The van der Waals surface area contributed by atoms with E-state index in [9.17, 15) is 8.42 Å². The van der Waals surface area contributed by atoms with Gasteiger partial charge in [-0.3, -0.25) is 5.10 Å². The van der Waals surface area contributed by atoms with Crippen LogP contribution in [0.15, 0.2) is 28.7 Å². The number of H-pyrrole nitrogens is 1. The summed E-state index contributed by atoms with van der Waals surface area (Å²) in [4.78, 5) is 0.972. The Morgan fingerprint density at radius 2 is 2.14 bits per heavy atom. The maximum atomic E-state index is 12.5. The Morgan fingerprint density at radius 1 is 1.38 bits per heavy atom. The van der Waals surface area contributed by atoms with E-state index in [-0.39, 0.29) is 17.1 Å². The topological polar surface area (TPSA) is 86.9 Å². The molecule has 3 N–H and O–H groups in total. The van der Waals surface area contributed by atoms with Crippen LogP contribution in [0.25, 0.3) is 0 Å². The molecule has 0 amide bonds. The summed E-state index contributed by atoms with van der Waals surface area (Å²) in [6.45, 7) is 6.29. The summed E-state index contributed by atoms with van der Waals surface area (Å²) in [7, 11) is -3.62. The van der Waals surface area contributed by atoms with Gasteiger partial charge in [-0.25, -0.2) is 13.1 Å². The molecule has 2 rings (SSSR count). The minimum atomic E-state index is -3.62. The third-order valence-corrected chi connectivity index (χ3v) is 5.56. The Hall–Kier alpha value is -1.22. The Kier molecular flexibility index (Phi) is 5.15. The zero-order valence-corrected chi connectivity index (χ0v) is 13.9. The molecular weight excluding hydrogens is 308 g/mol. The van der Waals surface area contributed by atoms with Crippen molar-refractivity contribution < 1.29 is 8.42 Å². The Labute approximate surface area is 129 Å². The normalized spacial score (nSPS) is 13.7. The first kappa shape index (κ1) is 16.2. The minimum Gasteiger partial charge on any atom is -0.310 e. The lowest BCUT2D eigenvalue weighted by molar-refractivity contribution is 0.555. The maximum Gasteiger partial charge on any atom is 0.258 e. The first-order valence-electron chi connectivity index (χ1n) is 6.71. The van der Waals surface area contributed by atoms with Gasteiger partial charge in [-0.1, -0.05) is 19.9 Å². The van der Waals surface area contributed by atoms with Crippen LogP contribution >= 0.6 is 11.3 Å². The van der Waals surface area contributed by atoms with Gasteiger partial charge in [0.1, 0.15) is 0 Å². The number of hydrogen-bond acceptors (Lipinski definition) is 5. The second-order valence-corrected chi connectivity index (χ2v) is 7.75. The molecule has 21 heavy (non-hydrogen) atoms. The van der Waals surface area contributed by atoms with Gasteiger partial charge in [-0.2, -0.15) is 5.10 Å². The molecule has 8 heteroatoms. The van der Waals surface area contributed by atoms with E-state index in [1.165, 1.54) is 11.3 Å². The van der Waals surface area contributed by atoms with E-state index in [4.69, 9.17) is 0 Å². The summed E-state index contributed by atoms with van der Waals surface area (Å²) in [5.41, 5.74) is 0.634. The fraction of sp³-hybridized carbons (Fsp3) is 0.462. The third-order valence-electron chi connectivity index (χ3n) is 2.95. The standard InChI is InChI=1S/C13H20N4O2S2/c1-9(2)14-7-11-8-15-16-13(11)21(18,19)17-10(3)12-5-4-6-20-12/h4-6,8-10,14,17H,7H2,1-3H3,(H,15,16). The zero-order valence-electron chi connectivity index (χ0n) is 12.3. The predicted molar refractivity (Wildman–Crippen MR) is 83.6 cm³/mol. The highest BCUT2D eigenvalue weighted by Gasteiger charge is 2.23. The molecule has 2 aromatic rings. The van der Waals surface area contributed by atoms with Crippen LogP contribution in [0.2, 0.25) is 0 Å². The van der Waals surface area contributed by atoms with E-state index in [2.05, 4.69) is 20.2 Å². The molecule has 0 bridgehead atoms. The minimum absolute atomic E-state index is 0.124. The van der Waals surface area contributed by atoms with Crippen LogP contribution in [0.3, 0.4) is 0 Å². The second-order valence-electron chi connectivity index (χ2n) is 5.12. The van der Waals surface area contributed by atoms with Gasteiger partial charge >= 0.3 is 0 Å². The van der Waals surface area contributed by atoms with Gasteiger partial charge in [-0.05, 0) is 18.4 Å². The fourth-order valence-corrected chi connectivity index (χ4v) is 4.02. The van der Waals surface area contributed by atoms with E-state index < -0.39 is 10.0 Å². The number of aromatic nitrogens is 2. The molecule has 0 aliphatic carbocycles. The third kappa shape index (κ3) is 4.13. The van der Waals surface area contributed by atoms with Gasteiger partial charge in [0.25, 0.3) is 10.0 Å². The van der Waals surface area contributed by atoms with Crippen molar-refractivity contribution in [3.05, 3.63) is 34.2 Å². The average Bonchev–Trinajstić information content (AvgIpc) is 3.07. The van der Waals surface area contributed by atoms with Crippen LogP contribution in [0.1, 0.15) is 37.3 Å². The summed E-state index contributed by atoms with van der Waals surface area (Å²) in [5, 5.41) is 11.7. The number of aromatic amines is 1.